The molecule has 1 aromatic rings. The first kappa shape index (κ1) is 13.1. The number of nitrogens with one attached hydrogen (secondary N) is 1. The number of hydrogen-bond acceptors (Lipinski definition) is 5. The van der Waals surface area contributed by atoms with E-state index in [0.29, 0.717) is 18.3 Å². The molecule has 6 nitrogen and oxygen atoms in total. The average molecular weight is 275 g/mol. The first-order valence-electron chi connectivity index (χ1n) is 7.11. The molecule has 0 atom stereocenters. The molecule has 0 aromatic carbocycles. The maximum absolute atomic E-state index is 12.1. The minimum Gasteiger partial charge on any atom is -0.383 e. The zero-order valence-electron chi connectivity index (χ0n) is 12.2. The smallest absolute Gasteiger partial charge is 0.245 e. The molecule has 3 N–H and O–H groups in total. The Hall–Kier alpha value is -1.85. The van der Waals surface area contributed by atoms with Crippen LogP contribution in [0, 0.1) is 6.92 Å². The van der Waals surface area contributed by atoms with Gasteiger partial charge in [-0.15, -0.1) is 0 Å². The van der Waals surface area contributed by atoms with Gasteiger partial charge in [-0.1, -0.05) is 0 Å². The first-order valence-corrected chi connectivity index (χ1v) is 7.11. The summed E-state index contributed by atoms with van der Waals surface area (Å²) in [6.07, 6.45) is 2.26. The third-order valence-corrected chi connectivity index (χ3v) is 4.22. The number of nitrogens with zero attached hydrogens (tertiary/aromatic N) is 3. The van der Waals surface area contributed by atoms with Gasteiger partial charge in [0.1, 0.15) is 23.0 Å². The van der Waals surface area contributed by atoms with Crippen molar-refractivity contribution in [3.05, 3.63) is 11.4 Å². The summed E-state index contributed by atoms with van der Waals surface area (Å²) in [5.41, 5.74) is 6.28. The van der Waals surface area contributed by atoms with Crippen LogP contribution in [-0.2, 0) is 4.79 Å². The highest BCUT2D eigenvalue weighted by Crippen LogP contribution is 2.40. The van der Waals surface area contributed by atoms with Gasteiger partial charge in [-0.25, -0.2) is 9.97 Å². The third kappa shape index (κ3) is 1.99. The number of anilines is 2. The molecule has 1 aliphatic carbocycles. The molecule has 1 aliphatic heterocycles. The number of aromatic nitrogens is 2. The topological polar surface area (TPSA) is 84.1 Å². The van der Waals surface area contributed by atoms with Crippen LogP contribution in [0.4, 0.5) is 11.6 Å². The van der Waals surface area contributed by atoms with E-state index < -0.39 is 5.54 Å². The first-order chi connectivity index (χ1) is 9.41. The van der Waals surface area contributed by atoms with E-state index in [1.807, 2.05) is 25.7 Å². The van der Waals surface area contributed by atoms with E-state index in [0.717, 1.165) is 36.6 Å². The average Bonchev–Trinajstić information content (AvgIpc) is 3.21. The predicted molar refractivity (Wildman–Crippen MR) is 77.6 cm³/mol. The summed E-state index contributed by atoms with van der Waals surface area (Å²) < 4.78 is 0. The molecule has 6 heteroatoms. The number of rotatable bonds is 2. The van der Waals surface area contributed by atoms with Gasteiger partial charge in [0.15, 0.2) is 0 Å². The number of carbonyl (C=O) groups excluding carboxylic acids is 1. The summed E-state index contributed by atoms with van der Waals surface area (Å²) in [4.78, 5) is 23.2. The highest BCUT2D eigenvalue weighted by atomic mass is 16.2. The van der Waals surface area contributed by atoms with E-state index in [-0.39, 0.29) is 5.91 Å². The number of piperazine rings is 1. The minimum atomic E-state index is -0.620. The molecule has 1 saturated heterocycles. The van der Waals surface area contributed by atoms with Crippen LogP contribution in [0.2, 0.25) is 0 Å². The van der Waals surface area contributed by atoms with E-state index >= 15 is 0 Å². The Kier molecular flexibility index (Phi) is 2.84. The summed E-state index contributed by atoms with van der Waals surface area (Å²) in [5.74, 6) is 2.62. The Bertz CT molecular complexity index is 565. The Morgan fingerprint density at radius 2 is 2.05 bits per heavy atom. The van der Waals surface area contributed by atoms with Crippen molar-refractivity contribution in [1.82, 2.24) is 15.3 Å². The van der Waals surface area contributed by atoms with Gasteiger partial charge in [0.2, 0.25) is 5.91 Å². The Balaban J connectivity index is 2.06. The van der Waals surface area contributed by atoms with Crippen LogP contribution in [0.25, 0.3) is 0 Å². The number of amides is 1. The summed E-state index contributed by atoms with van der Waals surface area (Å²) >= 11 is 0. The van der Waals surface area contributed by atoms with Gasteiger partial charge < -0.3 is 16.0 Å². The molecule has 2 aliphatic rings. The second-order valence-electron chi connectivity index (χ2n) is 6.16. The fourth-order valence-electron chi connectivity index (χ4n) is 2.60. The molecule has 20 heavy (non-hydrogen) atoms. The van der Waals surface area contributed by atoms with Crippen LogP contribution < -0.4 is 16.0 Å². The molecule has 2 heterocycles. The lowest BCUT2D eigenvalue weighted by molar-refractivity contribution is -0.126. The summed E-state index contributed by atoms with van der Waals surface area (Å²) in [5, 5.41) is 2.90. The standard InChI is InChI=1S/C14H21N5O/c1-8-10(15)17-11(9-4-5-9)18-12(8)19-7-6-16-13(20)14(19,2)3/h9H,4-7H2,1-3H3,(H,16,20)(H2,15,17,18). The zero-order chi connectivity index (χ0) is 14.5. The van der Waals surface area contributed by atoms with Crippen molar-refractivity contribution < 1.29 is 4.79 Å². The minimum absolute atomic E-state index is 0.0216. The maximum atomic E-state index is 12.1. The van der Waals surface area contributed by atoms with Crippen molar-refractivity contribution in [2.24, 2.45) is 0 Å². The second kappa shape index (κ2) is 4.33. The highest BCUT2D eigenvalue weighted by Gasteiger charge is 2.40. The molecular formula is C14H21N5O. The normalized spacial score (nSPS) is 21.8. The van der Waals surface area contributed by atoms with Gasteiger partial charge >= 0.3 is 0 Å². The van der Waals surface area contributed by atoms with Crippen LogP contribution in [0.15, 0.2) is 0 Å². The molecule has 0 spiro atoms. The number of hydrogen-bond donors (Lipinski definition) is 2. The van der Waals surface area contributed by atoms with Crippen LogP contribution in [0.5, 0.6) is 0 Å². The molecule has 1 saturated carbocycles. The molecule has 3 rings (SSSR count). The molecule has 0 bridgehead atoms. The van der Waals surface area contributed by atoms with E-state index in [9.17, 15) is 4.79 Å². The van der Waals surface area contributed by atoms with E-state index in [1.54, 1.807) is 0 Å². The lowest BCUT2D eigenvalue weighted by atomic mass is 9.98. The Morgan fingerprint density at radius 3 is 2.70 bits per heavy atom. The van der Waals surface area contributed by atoms with Gasteiger partial charge in [0.25, 0.3) is 0 Å². The van der Waals surface area contributed by atoms with Crippen LogP contribution in [-0.4, -0.2) is 34.5 Å². The zero-order valence-corrected chi connectivity index (χ0v) is 12.2. The molecule has 1 amide bonds. The van der Waals surface area contributed by atoms with Gasteiger partial charge in [-0.05, 0) is 33.6 Å². The molecule has 0 unspecified atom stereocenters. The summed E-state index contributed by atoms with van der Waals surface area (Å²) in [6, 6.07) is 0. The number of nitrogens with two attached hydrogens (primary N) is 1. The summed E-state index contributed by atoms with van der Waals surface area (Å²) in [7, 11) is 0. The van der Waals surface area contributed by atoms with Crippen molar-refractivity contribution in [2.75, 3.05) is 23.7 Å². The molecular weight excluding hydrogens is 254 g/mol. The molecule has 2 fully saturated rings. The van der Waals surface area contributed by atoms with Crippen molar-refractivity contribution in [3.8, 4) is 0 Å². The molecule has 1 aromatic heterocycles. The predicted octanol–water partition coefficient (Wildman–Crippen LogP) is 0.959. The van der Waals surface area contributed by atoms with Crippen LogP contribution in [0.1, 0.15) is 44.0 Å². The van der Waals surface area contributed by atoms with Gasteiger partial charge in [-0.2, -0.15) is 0 Å². The highest BCUT2D eigenvalue weighted by molar-refractivity contribution is 5.90. The quantitative estimate of drug-likeness (QED) is 0.840. The van der Waals surface area contributed by atoms with Gasteiger partial charge in [0.05, 0.1) is 0 Å². The molecule has 108 valence electrons. The van der Waals surface area contributed by atoms with Gasteiger partial charge in [-0.3, -0.25) is 4.79 Å². The van der Waals surface area contributed by atoms with Gasteiger partial charge in [0, 0.05) is 24.6 Å². The van der Waals surface area contributed by atoms with Crippen molar-refractivity contribution in [2.45, 2.75) is 45.1 Å². The maximum Gasteiger partial charge on any atom is 0.245 e. The van der Waals surface area contributed by atoms with E-state index in [4.69, 9.17) is 10.7 Å². The van der Waals surface area contributed by atoms with Crippen molar-refractivity contribution in [3.63, 3.8) is 0 Å². The van der Waals surface area contributed by atoms with Crippen molar-refractivity contribution >= 4 is 17.5 Å². The fourth-order valence-corrected chi connectivity index (χ4v) is 2.60. The Labute approximate surface area is 118 Å². The third-order valence-electron chi connectivity index (χ3n) is 4.22. The largest absolute Gasteiger partial charge is 0.383 e. The fraction of sp³-hybridized carbons (Fsp3) is 0.643. The van der Waals surface area contributed by atoms with Crippen molar-refractivity contribution in [1.29, 1.82) is 0 Å². The summed E-state index contributed by atoms with van der Waals surface area (Å²) in [6.45, 7) is 7.11. The monoisotopic (exact) mass is 275 g/mol. The number of nitrogen functional groups attached to an aromatic ring is 1. The molecule has 0 radical (unpaired) electrons. The lowest BCUT2D eigenvalue weighted by Crippen LogP contribution is -2.62. The van der Waals surface area contributed by atoms with Crippen LogP contribution >= 0.6 is 0 Å². The van der Waals surface area contributed by atoms with E-state index in [2.05, 4.69) is 10.3 Å². The second-order valence-corrected chi connectivity index (χ2v) is 6.16. The Morgan fingerprint density at radius 1 is 1.35 bits per heavy atom. The van der Waals surface area contributed by atoms with Crippen LogP contribution in [0.3, 0.4) is 0 Å². The SMILES string of the molecule is Cc1c(N)nc(C2CC2)nc1N1CCNC(=O)C1(C)C. The lowest BCUT2D eigenvalue weighted by Gasteiger charge is -2.42. The number of carbonyl (C=O) groups is 1. The van der Waals surface area contributed by atoms with E-state index in [1.165, 1.54) is 0 Å².